The van der Waals surface area contributed by atoms with E-state index in [1.165, 1.54) is 0 Å². The molecule has 0 aliphatic heterocycles. The molecule has 6 heteroatoms. The molecule has 74 valence electrons. The molecule has 0 radical (unpaired) electrons. The predicted octanol–water partition coefficient (Wildman–Crippen LogP) is 1.66. The van der Waals surface area contributed by atoms with Crippen LogP contribution in [0.2, 0.25) is 0 Å². The number of aromatic amines is 1. The molecule has 0 aliphatic rings. The van der Waals surface area contributed by atoms with E-state index in [4.69, 9.17) is 5.73 Å². The summed E-state index contributed by atoms with van der Waals surface area (Å²) in [6.07, 6.45) is 1.66. The highest BCUT2D eigenvalue weighted by molar-refractivity contribution is 7.16. The van der Waals surface area contributed by atoms with Gasteiger partial charge in [0.1, 0.15) is 16.3 Å². The Hall–Kier alpha value is -1.95. The fourth-order valence-corrected chi connectivity index (χ4v) is 2.15. The van der Waals surface area contributed by atoms with Gasteiger partial charge in [0.05, 0.1) is 5.39 Å². The first-order valence-corrected chi connectivity index (χ1v) is 5.23. The average molecular weight is 217 g/mol. The largest absolute Gasteiger partial charge is 0.383 e. The van der Waals surface area contributed by atoms with Crippen LogP contribution in [0.5, 0.6) is 0 Å². The van der Waals surface area contributed by atoms with Crippen LogP contribution in [0.1, 0.15) is 0 Å². The van der Waals surface area contributed by atoms with E-state index in [0.717, 1.165) is 15.9 Å². The number of fused-ring (bicyclic) bond motifs is 1. The zero-order chi connectivity index (χ0) is 10.3. The van der Waals surface area contributed by atoms with Crippen LogP contribution >= 0.6 is 11.3 Å². The number of anilines is 1. The van der Waals surface area contributed by atoms with Gasteiger partial charge in [-0.3, -0.25) is 5.10 Å². The zero-order valence-corrected chi connectivity index (χ0v) is 8.45. The van der Waals surface area contributed by atoms with Gasteiger partial charge in [0.15, 0.2) is 5.82 Å². The number of H-pyrrole nitrogens is 1. The van der Waals surface area contributed by atoms with E-state index in [1.54, 1.807) is 17.5 Å². The highest BCUT2D eigenvalue weighted by atomic mass is 32.1. The number of hydrogen-bond acceptors (Lipinski definition) is 5. The van der Waals surface area contributed by atoms with Gasteiger partial charge < -0.3 is 5.73 Å². The monoisotopic (exact) mass is 217 g/mol. The molecule has 3 N–H and O–H groups in total. The van der Waals surface area contributed by atoms with Gasteiger partial charge in [-0.15, -0.1) is 11.3 Å². The molecule has 0 spiro atoms. The third-order valence-electron chi connectivity index (χ3n) is 2.10. The average Bonchev–Trinajstić information content (AvgIpc) is 2.88. The Kier molecular flexibility index (Phi) is 1.69. The van der Waals surface area contributed by atoms with Crippen molar-refractivity contribution in [1.82, 2.24) is 20.2 Å². The van der Waals surface area contributed by atoms with E-state index in [0.29, 0.717) is 11.6 Å². The maximum atomic E-state index is 5.83. The van der Waals surface area contributed by atoms with Crippen LogP contribution in [-0.4, -0.2) is 20.2 Å². The Morgan fingerprint density at radius 1 is 1.27 bits per heavy atom. The maximum Gasteiger partial charge on any atom is 0.180 e. The van der Waals surface area contributed by atoms with Crippen molar-refractivity contribution in [3.05, 3.63) is 23.7 Å². The van der Waals surface area contributed by atoms with Gasteiger partial charge in [-0.25, -0.2) is 9.97 Å². The Balaban J connectivity index is 2.29. The summed E-state index contributed by atoms with van der Waals surface area (Å²) in [6, 6.07) is 3.74. The van der Waals surface area contributed by atoms with E-state index in [-0.39, 0.29) is 0 Å². The molecule has 0 saturated carbocycles. The van der Waals surface area contributed by atoms with Crippen molar-refractivity contribution >= 4 is 27.4 Å². The molecule has 3 aromatic heterocycles. The number of aromatic nitrogens is 4. The van der Waals surface area contributed by atoms with Crippen molar-refractivity contribution in [1.29, 1.82) is 0 Å². The number of thiophene rings is 1. The van der Waals surface area contributed by atoms with E-state index in [1.807, 2.05) is 17.5 Å². The zero-order valence-electron chi connectivity index (χ0n) is 7.64. The molecular weight excluding hydrogens is 210 g/mol. The van der Waals surface area contributed by atoms with Crippen LogP contribution in [-0.2, 0) is 0 Å². The van der Waals surface area contributed by atoms with Gasteiger partial charge in [0.2, 0.25) is 0 Å². The van der Waals surface area contributed by atoms with Gasteiger partial charge in [-0.05, 0) is 17.5 Å². The molecule has 0 aromatic carbocycles. The lowest BCUT2D eigenvalue weighted by atomic mass is 10.3. The van der Waals surface area contributed by atoms with E-state index < -0.39 is 0 Å². The standard InChI is InChI=1S/C9H7N5S/c10-7-5-2-4-15-9(5)13-8(12-7)6-1-3-11-14-6/h1-4H,(H,11,14)(H2,10,12,13). The number of nitrogens with zero attached hydrogens (tertiary/aromatic N) is 3. The Morgan fingerprint density at radius 2 is 2.20 bits per heavy atom. The topological polar surface area (TPSA) is 80.5 Å². The molecule has 0 unspecified atom stereocenters. The first-order valence-electron chi connectivity index (χ1n) is 4.35. The van der Waals surface area contributed by atoms with Crippen molar-refractivity contribution < 1.29 is 0 Å². The SMILES string of the molecule is Nc1nc(-c2ccn[nH]2)nc2sccc12. The summed E-state index contributed by atoms with van der Waals surface area (Å²) < 4.78 is 0. The highest BCUT2D eigenvalue weighted by Gasteiger charge is 2.08. The summed E-state index contributed by atoms with van der Waals surface area (Å²) in [5.41, 5.74) is 6.60. The minimum atomic E-state index is 0.505. The Morgan fingerprint density at radius 3 is 3.00 bits per heavy atom. The van der Waals surface area contributed by atoms with Gasteiger partial charge in [-0.2, -0.15) is 5.10 Å². The van der Waals surface area contributed by atoms with E-state index >= 15 is 0 Å². The Labute approximate surface area is 89.0 Å². The number of nitrogens with two attached hydrogens (primary N) is 1. The summed E-state index contributed by atoms with van der Waals surface area (Å²) in [5, 5.41) is 9.52. The minimum absolute atomic E-state index is 0.505. The number of rotatable bonds is 1. The van der Waals surface area contributed by atoms with Crippen LogP contribution in [0.4, 0.5) is 5.82 Å². The third-order valence-corrected chi connectivity index (χ3v) is 2.90. The molecule has 15 heavy (non-hydrogen) atoms. The summed E-state index contributed by atoms with van der Waals surface area (Å²) in [4.78, 5) is 9.51. The van der Waals surface area contributed by atoms with Crippen LogP contribution in [0, 0.1) is 0 Å². The Bertz CT molecular complexity index is 598. The van der Waals surface area contributed by atoms with E-state index in [9.17, 15) is 0 Å². The highest BCUT2D eigenvalue weighted by Crippen LogP contribution is 2.25. The summed E-state index contributed by atoms with van der Waals surface area (Å²) in [6.45, 7) is 0. The lowest BCUT2D eigenvalue weighted by Crippen LogP contribution is -1.96. The number of nitrogens with one attached hydrogen (secondary N) is 1. The molecule has 0 amide bonds. The molecular formula is C9H7N5S. The second-order valence-electron chi connectivity index (χ2n) is 3.04. The predicted molar refractivity (Wildman–Crippen MR) is 59.4 cm³/mol. The smallest absolute Gasteiger partial charge is 0.180 e. The molecule has 3 aromatic rings. The molecule has 0 fully saturated rings. The molecule has 5 nitrogen and oxygen atoms in total. The lowest BCUT2D eigenvalue weighted by molar-refractivity contribution is 1.07. The molecule has 0 atom stereocenters. The molecule has 0 bridgehead atoms. The quantitative estimate of drug-likeness (QED) is 0.649. The van der Waals surface area contributed by atoms with Gasteiger partial charge in [-0.1, -0.05) is 0 Å². The maximum absolute atomic E-state index is 5.83. The normalized spacial score (nSPS) is 10.9. The molecule has 3 heterocycles. The van der Waals surface area contributed by atoms with Crippen LogP contribution in [0.25, 0.3) is 21.7 Å². The summed E-state index contributed by atoms with van der Waals surface area (Å²) >= 11 is 1.55. The second-order valence-corrected chi connectivity index (χ2v) is 3.94. The number of hydrogen-bond donors (Lipinski definition) is 2. The minimum Gasteiger partial charge on any atom is -0.383 e. The second kappa shape index (κ2) is 3.03. The first-order chi connectivity index (χ1) is 7.34. The lowest BCUT2D eigenvalue weighted by Gasteiger charge is -1.99. The fourth-order valence-electron chi connectivity index (χ4n) is 1.38. The van der Waals surface area contributed by atoms with E-state index in [2.05, 4.69) is 20.2 Å². The fraction of sp³-hybridized carbons (Fsp3) is 0. The summed E-state index contributed by atoms with van der Waals surface area (Å²) in [5.74, 6) is 1.09. The van der Waals surface area contributed by atoms with Crippen molar-refractivity contribution in [2.45, 2.75) is 0 Å². The van der Waals surface area contributed by atoms with Gasteiger partial charge >= 0.3 is 0 Å². The number of nitrogen functional groups attached to an aromatic ring is 1. The van der Waals surface area contributed by atoms with Crippen molar-refractivity contribution in [3.8, 4) is 11.5 Å². The van der Waals surface area contributed by atoms with Crippen molar-refractivity contribution in [2.24, 2.45) is 0 Å². The molecule has 3 rings (SSSR count). The van der Waals surface area contributed by atoms with Gasteiger partial charge in [0.25, 0.3) is 0 Å². The van der Waals surface area contributed by atoms with Crippen molar-refractivity contribution in [3.63, 3.8) is 0 Å². The van der Waals surface area contributed by atoms with Crippen LogP contribution in [0.3, 0.4) is 0 Å². The van der Waals surface area contributed by atoms with Crippen LogP contribution in [0.15, 0.2) is 23.7 Å². The third kappa shape index (κ3) is 1.26. The van der Waals surface area contributed by atoms with Gasteiger partial charge in [0, 0.05) is 6.20 Å². The first kappa shape index (κ1) is 8.37. The molecule has 0 aliphatic carbocycles. The van der Waals surface area contributed by atoms with Crippen molar-refractivity contribution in [2.75, 3.05) is 5.73 Å². The summed E-state index contributed by atoms with van der Waals surface area (Å²) in [7, 11) is 0. The molecule has 0 saturated heterocycles. The van der Waals surface area contributed by atoms with Crippen LogP contribution < -0.4 is 5.73 Å².